The van der Waals surface area contributed by atoms with Crippen LogP contribution in [0.4, 0.5) is 0 Å². The molecule has 0 heterocycles. The summed E-state index contributed by atoms with van der Waals surface area (Å²) in [4.78, 5) is 21.9. The predicted octanol–water partition coefficient (Wildman–Crippen LogP) is 1.49. The summed E-state index contributed by atoms with van der Waals surface area (Å²) in [6, 6.07) is 0. The highest BCUT2D eigenvalue weighted by molar-refractivity contribution is 5.76. The number of esters is 2. The molecule has 0 rings (SSSR count). The van der Waals surface area contributed by atoms with Crippen LogP contribution < -0.4 is 0 Å². The fourth-order valence-electron chi connectivity index (χ4n) is 0.727. The molecule has 0 saturated carbocycles. The highest BCUT2D eigenvalue weighted by Crippen LogP contribution is 2.06. The van der Waals surface area contributed by atoms with Gasteiger partial charge in [-0.05, 0) is 27.2 Å². The summed E-state index contributed by atoms with van der Waals surface area (Å²) < 4.78 is 9.57. The normalized spacial score (nSPS) is 10.9. The first-order valence-corrected chi connectivity index (χ1v) is 4.52. The minimum absolute atomic E-state index is 0.225. The molecule has 0 aliphatic heterocycles. The van der Waals surface area contributed by atoms with Gasteiger partial charge in [0, 0.05) is 6.42 Å². The average Bonchev–Trinajstić information content (AvgIpc) is 1.98. The quantitative estimate of drug-likeness (QED) is 0.646. The predicted molar refractivity (Wildman–Crippen MR) is 51.4 cm³/mol. The van der Waals surface area contributed by atoms with Crippen LogP contribution in [0.1, 0.15) is 33.6 Å². The van der Waals surface area contributed by atoms with Gasteiger partial charge in [-0.1, -0.05) is 6.92 Å². The van der Waals surface area contributed by atoms with Gasteiger partial charge < -0.3 is 9.47 Å². The maximum absolute atomic E-state index is 11.1. The third-order valence-electron chi connectivity index (χ3n) is 1.15. The Balaban J connectivity index is 3.70. The molecule has 0 amide bonds. The van der Waals surface area contributed by atoms with Crippen LogP contribution in [0.5, 0.6) is 0 Å². The number of carbonyl (C=O) groups excluding carboxylic acids is 2. The van der Waals surface area contributed by atoms with E-state index in [4.69, 9.17) is 4.74 Å². The van der Waals surface area contributed by atoms with Crippen LogP contribution in [0.3, 0.4) is 0 Å². The number of rotatable bonds is 4. The summed E-state index contributed by atoms with van der Waals surface area (Å²) in [6.45, 7) is 8.43. The minimum Gasteiger partial charge on any atom is -0.457 e. The van der Waals surface area contributed by atoms with Gasteiger partial charge in [-0.25, -0.2) is 4.79 Å². The van der Waals surface area contributed by atoms with Crippen molar-refractivity contribution in [2.75, 3.05) is 6.61 Å². The molecule has 0 aromatic heterocycles. The van der Waals surface area contributed by atoms with Crippen LogP contribution in [0.25, 0.3) is 0 Å². The summed E-state index contributed by atoms with van der Waals surface area (Å²) in [7, 11) is 0. The summed E-state index contributed by atoms with van der Waals surface area (Å²) in [5, 5.41) is 0. The Morgan fingerprint density at radius 1 is 1.21 bits per heavy atom. The number of hydrogen-bond acceptors (Lipinski definition) is 4. The second-order valence-corrected chi connectivity index (χ2v) is 3.85. The van der Waals surface area contributed by atoms with Crippen molar-refractivity contribution >= 4 is 11.9 Å². The van der Waals surface area contributed by atoms with E-state index in [1.165, 1.54) is 0 Å². The smallest absolute Gasteiger partial charge is 0.344 e. The zero-order chi connectivity index (χ0) is 11.2. The zero-order valence-corrected chi connectivity index (χ0v) is 8.96. The van der Waals surface area contributed by atoms with Crippen molar-refractivity contribution in [1.82, 2.24) is 0 Å². The van der Waals surface area contributed by atoms with Crippen LogP contribution in [0, 0.1) is 6.92 Å². The maximum Gasteiger partial charge on any atom is 0.344 e. The molecule has 0 atom stereocenters. The standard InChI is InChI=1S/C10H17O4/c1-5-6-8(11)13-7-9(12)14-10(2,3)4/h1,5-7H2,2-4H3. The lowest BCUT2D eigenvalue weighted by atomic mass is 10.2. The highest BCUT2D eigenvalue weighted by Gasteiger charge is 2.17. The molecule has 14 heavy (non-hydrogen) atoms. The first kappa shape index (κ1) is 12.9. The summed E-state index contributed by atoms with van der Waals surface area (Å²) in [5.74, 6) is -0.958. The topological polar surface area (TPSA) is 52.6 Å². The molecular weight excluding hydrogens is 184 g/mol. The Hall–Kier alpha value is -1.06. The van der Waals surface area contributed by atoms with Gasteiger partial charge in [-0.15, -0.1) is 0 Å². The third kappa shape index (κ3) is 7.58. The van der Waals surface area contributed by atoms with E-state index in [0.717, 1.165) is 0 Å². The van der Waals surface area contributed by atoms with Gasteiger partial charge in [0.25, 0.3) is 0 Å². The van der Waals surface area contributed by atoms with Crippen LogP contribution in [0.15, 0.2) is 0 Å². The van der Waals surface area contributed by atoms with Crippen molar-refractivity contribution in [1.29, 1.82) is 0 Å². The Labute approximate surface area is 84.6 Å². The molecule has 81 valence electrons. The largest absolute Gasteiger partial charge is 0.457 e. The van der Waals surface area contributed by atoms with E-state index in [9.17, 15) is 9.59 Å². The molecule has 0 saturated heterocycles. The molecule has 0 unspecified atom stereocenters. The van der Waals surface area contributed by atoms with Crippen LogP contribution in [-0.2, 0) is 19.1 Å². The highest BCUT2D eigenvalue weighted by atomic mass is 16.6. The summed E-state index contributed by atoms with van der Waals surface area (Å²) >= 11 is 0. The van der Waals surface area contributed by atoms with Gasteiger partial charge in [-0.2, -0.15) is 0 Å². The van der Waals surface area contributed by atoms with Crippen molar-refractivity contribution in [3.63, 3.8) is 0 Å². The first-order valence-electron chi connectivity index (χ1n) is 4.52. The SMILES string of the molecule is [CH2]CCC(=O)OCC(=O)OC(C)(C)C. The van der Waals surface area contributed by atoms with Crippen LogP contribution in [0.2, 0.25) is 0 Å². The molecule has 0 aromatic rings. The molecule has 0 spiro atoms. The molecule has 0 aliphatic carbocycles. The van der Waals surface area contributed by atoms with Crippen molar-refractivity contribution < 1.29 is 19.1 Å². The Bertz CT molecular complexity index is 203. The maximum atomic E-state index is 11.1. The zero-order valence-electron chi connectivity index (χ0n) is 8.96. The van der Waals surface area contributed by atoms with E-state index >= 15 is 0 Å². The summed E-state index contributed by atoms with van der Waals surface area (Å²) in [5.41, 5.74) is -0.546. The summed E-state index contributed by atoms with van der Waals surface area (Å²) in [6.07, 6.45) is 0.690. The fraction of sp³-hybridized carbons (Fsp3) is 0.700. The Morgan fingerprint density at radius 2 is 1.79 bits per heavy atom. The van der Waals surface area contributed by atoms with Gasteiger partial charge in [0.15, 0.2) is 6.61 Å². The van der Waals surface area contributed by atoms with E-state index in [0.29, 0.717) is 6.42 Å². The van der Waals surface area contributed by atoms with Crippen molar-refractivity contribution in [3.05, 3.63) is 6.92 Å². The number of hydrogen-bond donors (Lipinski definition) is 0. The van der Waals surface area contributed by atoms with Gasteiger partial charge in [0.2, 0.25) is 0 Å². The second-order valence-electron chi connectivity index (χ2n) is 3.85. The Kier molecular flexibility index (Phi) is 5.20. The van der Waals surface area contributed by atoms with E-state index in [1.807, 2.05) is 0 Å². The van der Waals surface area contributed by atoms with Crippen molar-refractivity contribution in [2.45, 2.75) is 39.2 Å². The van der Waals surface area contributed by atoms with Gasteiger partial charge in [0.05, 0.1) is 0 Å². The second kappa shape index (κ2) is 5.62. The molecule has 0 aromatic carbocycles. The van der Waals surface area contributed by atoms with Crippen LogP contribution >= 0.6 is 0 Å². The first-order chi connectivity index (χ1) is 6.35. The fourth-order valence-corrected chi connectivity index (χ4v) is 0.727. The average molecular weight is 201 g/mol. The van der Waals surface area contributed by atoms with E-state index in [-0.39, 0.29) is 13.0 Å². The van der Waals surface area contributed by atoms with Crippen LogP contribution in [-0.4, -0.2) is 24.1 Å². The lowest BCUT2D eigenvalue weighted by Gasteiger charge is -2.19. The molecule has 0 bridgehead atoms. The number of ether oxygens (including phenoxy) is 2. The molecule has 0 fully saturated rings. The third-order valence-corrected chi connectivity index (χ3v) is 1.15. The molecule has 4 nitrogen and oxygen atoms in total. The minimum atomic E-state index is -0.546. The van der Waals surface area contributed by atoms with Crippen molar-refractivity contribution in [3.8, 4) is 0 Å². The number of carbonyl (C=O) groups is 2. The van der Waals surface area contributed by atoms with E-state index in [2.05, 4.69) is 11.7 Å². The molecule has 0 N–H and O–H groups in total. The molecular formula is C10H17O4. The lowest BCUT2D eigenvalue weighted by Crippen LogP contribution is -2.27. The van der Waals surface area contributed by atoms with Gasteiger partial charge in [0.1, 0.15) is 5.60 Å². The van der Waals surface area contributed by atoms with Crippen molar-refractivity contribution in [2.24, 2.45) is 0 Å². The molecule has 1 radical (unpaired) electrons. The molecule has 0 aliphatic rings. The van der Waals surface area contributed by atoms with Gasteiger partial charge in [-0.3, -0.25) is 4.79 Å². The van der Waals surface area contributed by atoms with Gasteiger partial charge >= 0.3 is 11.9 Å². The molecule has 4 heteroatoms. The Morgan fingerprint density at radius 3 is 2.21 bits per heavy atom. The van der Waals surface area contributed by atoms with E-state index in [1.54, 1.807) is 20.8 Å². The monoisotopic (exact) mass is 201 g/mol. The van der Waals surface area contributed by atoms with E-state index < -0.39 is 17.5 Å². The lowest BCUT2D eigenvalue weighted by molar-refractivity contribution is -0.166.